The van der Waals surface area contributed by atoms with Crippen LogP contribution < -0.4 is 5.32 Å². The molecule has 3 nitrogen and oxygen atoms in total. The van der Waals surface area contributed by atoms with Gasteiger partial charge in [0.15, 0.2) is 0 Å². The standard InChI is InChI=1S/C21H15BrN2OS/c22-17-4-3-5-18(12-17)24-21(25)19-6-1-2-7-20(19)26-14-16-10-8-15(13-23)9-11-16/h1-12H,14H2,(H,24,25). The van der Waals surface area contributed by atoms with Crippen molar-refractivity contribution in [2.45, 2.75) is 10.6 Å². The first-order valence-corrected chi connectivity index (χ1v) is 9.71. The molecule has 0 fully saturated rings. The van der Waals surface area contributed by atoms with Crippen LogP contribution >= 0.6 is 27.7 Å². The first kappa shape index (κ1) is 18.2. The lowest BCUT2D eigenvalue weighted by molar-refractivity contribution is 0.102. The molecule has 0 bridgehead atoms. The van der Waals surface area contributed by atoms with Crippen molar-refractivity contribution < 1.29 is 4.79 Å². The maximum atomic E-state index is 12.7. The summed E-state index contributed by atoms with van der Waals surface area (Å²) in [5, 5.41) is 11.8. The topological polar surface area (TPSA) is 52.9 Å². The smallest absolute Gasteiger partial charge is 0.256 e. The third-order valence-electron chi connectivity index (χ3n) is 3.69. The molecule has 0 radical (unpaired) electrons. The lowest BCUT2D eigenvalue weighted by Gasteiger charge is -2.10. The van der Waals surface area contributed by atoms with Crippen molar-refractivity contribution in [3.8, 4) is 6.07 Å². The zero-order chi connectivity index (χ0) is 18.4. The molecule has 3 rings (SSSR count). The van der Waals surface area contributed by atoms with E-state index in [-0.39, 0.29) is 5.91 Å². The Kier molecular flexibility index (Phi) is 6.11. The minimum atomic E-state index is -0.133. The van der Waals surface area contributed by atoms with Crippen LogP contribution in [0.5, 0.6) is 0 Å². The van der Waals surface area contributed by atoms with Crippen molar-refractivity contribution >= 4 is 39.3 Å². The van der Waals surface area contributed by atoms with Crippen LogP contribution in [-0.2, 0) is 5.75 Å². The maximum Gasteiger partial charge on any atom is 0.256 e. The highest BCUT2D eigenvalue weighted by molar-refractivity contribution is 9.10. The number of hydrogen-bond acceptors (Lipinski definition) is 3. The Morgan fingerprint density at radius 1 is 1.04 bits per heavy atom. The van der Waals surface area contributed by atoms with Crippen LogP contribution in [0.4, 0.5) is 5.69 Å². The number of carbonyl (C=O) groups excluding carboxylic acids is 1. The summed E-state index contributed by atoms with van der Waals surface area (Å²) >= 11 is 5.01. The lowest BCUT2D eigenvalue weighted by Crippen LogP contribution is -2.12. The van der Waals surface area contributed by atoms with Gasteiger partial charge in [-0.25, -0.2) is 0 Å². The van der Waals surface area contributed by atoms with Gasteiger partial charge in [-0.2, -0.15) is 5.26 Å². The normalized spacial score (nSPS) is 10.2. The molecule has 26 heavy (non-hydrogen) atoms. The summed E-state index contributed by atoms with van der Waals surface area (Å²) in [5.74, 6) is 0.596. The van der Waals surface area contributed by atoms with Gasteiger partial charge in [-0.05, 0) is 48.0 Å². The third-order valence-corrected chi connectivity index (χ3v) is 5.33. The molecule has 1 amide bonds. The van der Waals surface area contributed by atoms with Crippen LogP contribution in [0.25, 0.3) is 0 Å². The van der Waals surface area contributed by atoms with Gasteiger partial charge in [-0.1, -0.05) is 46.3 Å². The Morgan fingerprint density at radius 2 is 1.81 bits per heavy atom. The average Bonchev–Trinajstić information content (AvgIpc) is 2.67. The van der Waals surface area contributed by atoms with E-state index in [1.54, 1.807) is 11.8 Å². The molecule has 0 spiro atoms. The minimum Gasteiger partial charge on any atom is -0.322 e. The number of benzene rings is 3. The molecule has 0 saturated carbocycles. The van der Waals surface area contributed by atoms with E-state index in [0.29, 0.717) is 11.1 Å². The Hall–Kier alpha value is -2.55. The van der Waals surface area contributed by atoms with Crippen LogP contribution in [0.3, 0.4) is 0 Å². The van der Waals surface area contributed by atoms with Gasteiger partial charge < -0.3 is 5.32 Å². The van der Waals surface area contributed by atoms with E-state index in [0.717, 1.165) is 26.4 Å². The molecule has 0 aromatic heterocycles. The number of nitrogens with one attached hydrogen (secondary N) is 1. The number of rotatable bonds is 5. The van der Waals surface area contributed by atoms with E-state index < -0.39 is 0 Å². The fourth-order valence-electron chi connectivity index (χ4n) is 2.38. The second kappa shape index (κ2) is 8.70. The highest BCUT2D eigenvalue weighted by Gasteiger charge is 2.12. The second-order valence-corrected chi connectivity index (χ2v) is 7.49. The lowest BCUT2D eigenvalue weighted by atomic mass is 10.2. The summed E-state index contributed by atoms with van der Waals surface area (Å²) in [6.07, 6.45) is 0. The zero-order valence-electron chi connectivity index (χ0n) is 13.8. The summed E-state index contributed by atoms with van der Waals surface area (Å²) in [5.41, 5.74) is 3.14. The quantitative estimate of drug-likeness (QED) is 0.523. The van der Waals surface area contributed by atoms with E-state index in [1.807, 2.05) is 72.8 Å². The molecule has 0 aliphatic heterocycles. The Bertz CT molecular complexity index is 964. The van der Waals surface area contributed by atoms with E-state index >= 15 is 0 Å². The first-order valence-electron chi connectivity index (χ1n) is 7.93. The molecular weight excluding hydrogens is 408 g/mol. The van der Waals surface area contributed by atoms with E-state index in [2.05, 4.69) is 27.3 Å². The van der Waals surface area contributed by atoms with Gasteiger partial charge in [0.25, 0.3) is 5.91 Å². The molecule has 5 heteroatoms. The highest BCUT2D eigenvalue weighted by Crippen LogP contribution is 2.27. The van der Waals surface area contributed by atoms with Gasteiger partial charge in [0.05, 0.1) is 17.2 Å². The van der Waals surface area contributed by atoms with Gasteiger partial charge in [0, 0.05) is 20.8 Å². The summed E-state index contributed by atoms with van der Waals surface area (Å²) in [6, 6.07) is 24.7. The van der Waals surface area contributed by atoms with Crippen molar-refractivity contribution in [3.05, 3.63) is 94.0 Å². The van der Waals surface area contributed by atoms with Crippen LogP contribution in [0.1, 0.15) is 21.5 Å². The minimum absolute atomic E-state index is 0.133. The monoisotopic (exact) mass is 422 g/mol. The summed E-state index contributed by atoms with van der Waals surface area (Å²) < 4.78 is 0.916. The highest BCUT2D eigenvalue weighted by atomic mass is 79.9. The number of nitrogens with zero attached hydrogens (tertiary/aromatic N) is 1. The number of amides is 1. The van der Waals surface area contributed by atoms with Crippen molar-refractivity contribution in [2.24, 2.45) is 0 Å². The van der Waals surface area contributed by atoms with E-state index in [9.17, 15) is 4.79 Å². The van der Waals surface area contributed by atoms with E-state index in [1.165, 1.54) is 0 Å². The fraction of sp³-hybridized carbons (Fsp3) is 0.0476. The molecule has 3 aromatic carbocycles. The fourth-order valence-corrected chi connectivity index (χ4v) is 3.79. The number of anilines is 1. The molecule has 128 valence electrons. The predicted molar refractivity (Wildman–Crippen MR) is 109 cm³/mol. The van der Waals surface area contributed by atoms with Crippen molar-refractivity contribution in [1.29, 1.82) is 5.26 Å². The summed E-state index contributed by atoms with van der Waals surface area (Å²) in [6.45, 7) is 0. The summed E-state index contributed by atoms with van der Waals surface area (Å²) in [4.78, 5) is 13.6. The predicted octanol–water partition coefficient (Wildman–Crippen LogP) is 5.87. The number of hydrogen-bond donors (Lipinski definition) is 1. The molecule has 0 aliphatic carbocycles. The van der Waals surface area contributed by atoms with Crippen molar-refractivity contribution in [1.82, 2.24) is 0 Å². The molecule has 1 N–H and O–H groups in total. The molecular formula is C21H15BrN2OS. The van der Waals surface area contributed by atoms with Gasteiger partial charge >= 0.3 is 0 Å². The van der Waals surface area contributed by atoms with Gasteiger partial charge in [0.2, 0.25) is 0 Å². The number of thioether (sulfide) groups is 1. The van der Waals surface area contributed by atoms with Crippen molar-refractivity contribution in [3.63, 3.8) is 0 Å². The Labute approximate surface area is 165 Å². The molecule has 0 saturated heterocycles. The molecule has 0 atom stereocenters. The van der Waals surface area contributed by atoms with Gasteiger partial charge in [-0.3, -0.25) is 4.79 Å². The van der Waals surface area contributed by atoms with Gasteiger partial charge in [-0.15, -0.1) is 11.8 Å². The molecule has 3 aromatic rings. The molecule has 0 heterocycles. The number of halogens is 1. The van der Waals surface area contributed by atoms with Crippen LogP contribution in [0.2, 0.25) is 0 Å². The zero-order valence-corrected chi connectivity index (χ0v) is 16.2. The Balaban J connectivity index is 1.72. The largest absolute Gasteiger partial charge is 0.322 e. The number of carbonyl (C=O) groups is 1. The molecule has 0 unspecified atom stereocenters. The third kappa shape index (κ3) is 4.75. The SMILES string of the molecule is N#Cc1ccc(CSc2ccccc2C(=O)Nc2cccc(Br)c2)cc1. The summed E-state index contributed by atoms with van der Waals surface area (Å²) in [7, 11) is 0. The van der Waals surface area contributed by atoms with Crippen LogP contribution in [-0.4, -0.2) is 5.91 Å². The van der Waals surface area contributed by atoms with Crippen LogP contribution in [0.15, 0.2) is 82.2 Å². The Morgan fingerprint density at radius 3 is 2.54 bits per heavy atom. The number of nitriles is 1. The average molecular weight is 423 g/mol. The maximum absolute atomic E-state index is 12.7. The van der Waals surface area contributed by atoms with Crippen LogP contribution in [0, 0.1) is 11.3 Å². The van der Waals surface area contributed by atoms with Crippen molar-refractivity contribution in [2.75, 3.05) is 5.32 Å². The van der Waals surface area contributed by atoms with Gasteiger partial charge in [0.1, 0.15) is 0 Å². The molecule has 0 aliphatic rings. The second-order valence-electron chi connectivity index (χ2n) is 5.56. The van der Waals surface area contributed by atoms with E-state index in [4.69, 9.17) is 5.26 Å². The first-order chi connectivity index (χ1) is 12.7.